The molecule has 0 atom stereocenters. The van der Waals surface area contributed by atoms with Crippen LogP contribution >= 0.6 is 0 Å². The van der Waals surface area contributed by atoms with Crippen molar-refractivity contribution in [2.24, 2.45) is 0 Å². The molecule has 1 aromatic carbocycles. The van der Waals surface area contributed by atoms with Crippen LogP contribution in [-0.2, 0) is 0 Å². The summed E-state index contributed by atoms with van der Waals surface area (Å²) >= 11 is 0. The third-order valence-corrected chi connectivity index (χ3v) is 2.17. The van der Waals surface area contributed by atoms with Gasteiger partial charge in [0.25, 0.3) is 0 Å². The zero-order valence-corrected chi connectivity index (χ0v) is 11.4. The number of carboxylic acid groups (broad SMARTS) is 1. The number of fused-ring (bicyclic) bond motifs is 1. The summed E-state index contributed by atoms with van der Waals surface area (Å²) in [5.74, 6) is -1.49. The molecular formula is C11H7NaO5. The molecule has 2 rings (SSSR count). The Hall–Kier alpha value is -1.30. The molecule has 0 unspecified atom stereocenters. The van der Waals surface area contributed by atoms with Gasteiger partial charge in [-0.15, -0.1) is 0 Å². The van der Waals surface area contributed by atoms with Gasteiger partial charge in [0.1, 0.15) is 11.7 Å². The zero-order chi connectivity index (χ0) is 11.7. The van der Waals surface area contributed by atoms with Gasteiger partial charge in [0.15, 0.2) is 5.76 Å². The van der Waals surface area contributed by atoms with Gasteiger partial charge in [0.05, 0.1) is 12.5 Å². The van der Waals surface area contributed by atoms with Crippen molar-refractivity contribution in [2.75, 3.05) is 7.11 Å². The maximum absolute atomic E-state index is 11.4. The molecule has 0 aliphatic rings. The molecule has 0 amide bonds. The van der Waals surface area contributed by atoms with E-state index in [-0.39, 0.29) is 29.6 Å². The summed E-state index contributed by atoms with van der Waals surface area (Å²) in [6.07, 6.45) is 0. The second kappa shape index (κ2) is 5.35. The van der Waals surface area contributed by atoms with Crippen molar-refractivity contribution in [3.8, 4) is 5.75 Å². The summed E-state index contributed by atoms with van der Waals surface area (Å²) < 4.78 is 9.53. The molecule has 1 aromatic heterocycles. The van der Waals surface area contributed by atoms with Gasteiger partial charge in [-0.3, -0.25) is 0 Å². The van der Waals surface area contributed by atoms with Gasteiger partial charge >= 0.3 is 35.2 Å². The molecule has 0 fully saturated rings. The fraction of sp³-hybridized carbons (Fsp3) is 0.0909. The van der Waals surface area contributed by atoms with Crippen molar-refractivity contribution in [1.82, 2.24) is 0 Å². The molecule has 0 spiro atoms. The van der Waals surface area contributed by atoms with Crippen LogP contribution in [0.1, 0.15) is 10.6 Å². The average Bonchev–Trinajstić information content (AvgIpc) is 2.28. The minimum Gasteiger partial charge on any atom is -0.542 e. The van der Waals surface area contributed by atoms with Crippen LogP contribution < -0.4 is 45.0 Å². The third-order valence-electron chi connectivity index (χ3n) is 2.17. The van der Waals surface area contributed by atoms with E-state index in [1.54, 1.807) is 12.1 Å². The van der Waals surface area contributed by atoms with Gasteiger partial charge in [-0.1, -0.05) is 0 Å². The normalized spacial score (nSPS) is 9.71. The largest absolute Gasteiger partial charge is 1.00 e. The number of carbonyl (C=O) groups excluding carboxylic acids is 1. The quantitative estimate of drug-likeness (QED) is 0.530. The molecule has 1 heterocycles. The molecule has 6 heteroatoms. The summed E-state index contributed by atoms with van der Waals surface area (Å²) in [5, 5.41) is 11.3. The number of hydrogen-bond acceptors (Lipinski definition) is 5. The van der Waals surface area contributed by atoms with E-state index in [4.69, 9.17) is 4.74 Å². The Labute approximate surface area is 118 Å². The van der Waals surface area contributed by atoms with E-state index >= 15 is 0 Å². The second-order valence-electron chi connectivity index (χ2n) is 3.14. The summed E-state index contributed by atoms with van der Waals surface area (Å²) in [6.45, 7) is 0. The minimum absolute atomic E-state index is 0. The minimum atomic E-state index is -1.53. The molecule has 17 heavy (non-hydrogen) atoms. The van der Waals surface area contributed by atoms with Crippen LogP contribution in [0.25, 0.3) is 10.8 Å². The van der Waals surface area contributed by atoms with Crippen LogP contribution in [0.2, 0.25) is 0 Å². The van der Waals surface area contributed by atoms with Gasteiger partial charge in [-0.2, -0.15) is 0 Å². The van der Waals surface area contributed by atoms with Crippen molar-refractivity contribution in [2.45, 2.75) is 0 Å². The number of ether oxygens (including phenoxy) is 1. The third kappa shape index (κ3) is 2.69. The van der Waals surface area contributed by atoms with E-state index < -0.39 is 17.4 Å². The van der Waals surface area contributed by atoms with Gasteiger partial charge in [0.2, 0.25) is 0 Å². The molecule has 0 saturated heterocycles. The van der Waals surface area contributed by atoms with Crippen molar-refractivity contribution in [3.05, 3.63) is 40.4 Å². The number of benzene rings is 1. The maximum atomic E-state index is 11.4. The fourth-order valence-corrected chi connectivity index (χ4v) is 1.40. The van der Waals surface area contributed by atoms with Crippen LogP contribution in [-0.4, -0.2) is 13.1 Å². The van der Waals surface area contributed by atoms with Crippen LogP contribution in [0.3, 0.4) is 0 Å². The van der Waals surface area contributed by atoms with Gasteiger partial charge in [-0.25, -0.2) is 4.79 Å². The number of carboxylic acids is 1. The molecule has 0 saturated carbocycles. The molecule has 0 radical (unpaired) electrons. The Morgan fingerprint density at radius 1 is 1.35 bits per heavy atom. The van der Waals surface area contributed by atoms with Crippen molar-refractivity contribution in [1.29, 1.82) is 0 Å². The first-order valence-corrected chi connectivity index (χ1v) is 4.45. The second-order valence-corrected chi connectivity index (χ2v) is 3.14. The summed E-state index contributed by atoms with van der Waals surface area (Å²) in [7, 11) is 1.48. The average molecular weight is 242 g/mol. The number of aromatic carboxylic acids is 1. The van der Waals surface area contributed by atoms with Gasteiger partial charge in [0, 0.05) is 0 Å². The Balaban J connectivity index is 0.00000144. The van der Waals surface area contributed by atoms with Gasteiger partial charge in [-0.05, 0) is 29.7 Å². The summed E-state index contributed by atoms with van der Waals surface area (Å²) in [5.41, 5.74) is -0.709. The molecule has 0 aliphatic carbocycles. The number of hydrogen-bond donors (Lipinski definition) is 0. The van der Waals surface area contributed by atoms with E-state index in [0.29, 0.717) is 16.5 Å². The first kappa shape index (κ1) is 13.8. The molecule has 5 nitrogen and oxygen atoms in total. The van der Waals surface area contributed by atoms with E-state index in [1.807, 2.05) is 0 Å². The zero-order valence-electron chi connectivity index (χ0n) is 9.35. The molecule has 2 aromatic rings. The van der Waals surface area contributed by atoms with Crippen molar-refractivity contribution in [3.63, 3.8) is 0 Å². The van der Waals surface area contributed by atoms with Crippen LogP contribution in [0, 0.1) is 0 Å². The number of carbonyl (C=O) groups is 1. The molecular weight excluding hydrogens is 235 g/mol. The van der Waals surface area contributed by atoms with E-state index in [1.165, 1.54) is 19.2 Å². The Morgan fingerprint density at radius 3 is 2.65 bits per heavy atom. The fourth-order valence-electron chi connectivity index (χ4n) is 1.40. The van der Waals surface area contributed by atoms with Gasteiger partial charge < -0.3 is 19.1 Å². The maximum Gasteiger partial charge on any atom is 1.00 e. The number of rotatable bonds is 2. The van der Waals surface area contributed by atoms with E-state index in [0.717, 1.165) is 0 Å². The van der Waals surface area contributed by atoms with Crippen molar-refractivity contribution >= 4 is 16.7 Å². The smallest absolute Gasteiger partial charge is 0.542 e. The summed E-state index contributed by atoms with van der Waals surface area (Å²) in [6, 6.07) is 5.89. The first-order chi connectivity index (χ1) is 7.61. The SMILES string of the molecule is COc1ccc2c(=O)oc(C(=O)[O-])cc2c1.[Na+]. The number of methoxy groups -OCH3 is 1. The monoisotopic (exact) mass is 242 g/mol. The summed E-state index contributed by atoms with van der Waals surface area (Å²) in [4.78, 5) is 22.0. The van der Waals surface area contributed by atoms with E-state index in [9.17, 15) is 14.7 Å². The molecule has 82 valence electrons. The molecule has 0 N–H and O–H groups in total. The Morgan fingerprint density at radius 2 is 2.06 bits per heavy atom. The van der Waals surface area contributed by atoms with E-state index in [2.05, 4.69) is 4.42 Å². The van der Waals surface area contributed by atoms with Crippen LogP contribution in [0.5, 0.6) is 5.75 Å². The van der Waals surface area contributed by atoms with Crippen LogP contribution in [0.4, 0.5) is 0 Å². The first-order valence-electron chi connectivity index (χ1n) is 4.45. The predicted octanol–water partition coefficient (Wildman–Crippen LogP) is -2.83. The van der Waals surface area contributed by atoms with Crippen LogP contribution in [0.15, 0.2) is 33.5 Å². The standard InChI is InChI=1S/C11H8O5.Na/c1-15-7-2-3-8-6(4-7)5-9(10(12)13)16-11(8)14;/h2-5H,1H3,(H,12,13);/q;+1/p-1. The molecule has 0 aliphatic heterocycles. The topological polar surface area (TPSA) is 79.6 Å². The molecule has 0 bridgehead atoms. The Kier molecular flexibility index (Phi) is 4.34. The Bertz CT molecular complexity index is 617. The predicted molar refractivity (Wildman–Crippen MR) is 53.4 cm³/mol. The van der Waals surface area contributed by atoms with Crippen molar-refractivity contribution < 1.29 is 48.6 Å².